The normalized spacial score (nSPS) is 19.2. The molecule has 108 valence electrons. The second-order valence-electron chi connectivity index (χ2n) is 4.53. The number of benzene rings is 1. The van der Waals surface area contributed by atoms with Crippen molar-refractivity contribution in [3.8, 4) is 5.75 Å². The summed E-state index contributed by atoms with van der Waals surface area (Å²) in [7, 11) is 1.55. The minimum absolute atomic E-state index is 0.0647. The molecule has 0 saturated carbocycles. The molecule has 6 nitrogen and oxygen atoms in total. The number of carbonyl (C=O) groups is 1. The Kier molecular flexibility index (Phi) is 4.49. The van der Waals surface area contributed by atoms with E-state index in [-0.39, 0.29) is 17.8 Å². The van der Waals surface area contributed by atoms with E-state index in [1.807, 2.05) is 0 Å². The molecular weight excluding hydrogens is 326 g/mol. The first-order valence-electron chi connectivity index (χ1n) is 6.20. The molecule has 7 heteroatoms. The van der Waals surface area contributed by atoms with Crippen LogP contribution in [0.2, 0.25) is 0 Å². The van der Waals surface area contributed by atoms with E-state index in [2.05, 4.69) is 21.1 Å². The van der Waals surface area contributed by atoms with Crippen LogP contribution in [0.1, 0.15) is 23.2 Å². The Hall–Kier alpha value is -1.76. The number of hydrogen-bond donors (Lipinski definition) is 2. The van der Waals surface area contributed by atoms with Gasteiger partial charge in [-0.25, -0.2) is 0 Å². The van der Waals surface area contributed by atoms with Crippen LogP contribution in [0.3, 0.4) is 0 Å². The Morgan fingerprint density at radius 1 is 1.60 bits per heavy atom. The summed E-state index contributed by atoms with van der Waals surface area (Å²) in [6, 6.07) is 4.85. The predicted octanol–water partition coefficient (Wildman–Crippen LogP) is 1.81. The van der Waals surface area contributed by atoms with E-state index < -0.39 is 0 Å². The number of amides is 1. The van der Waals surface area contributed by atoms with Crippen LogP contribution in [0.5, 0.6) is 5.75 Å². The van der Waals surface area contributed by atoms with Crippen molar-refractivity contribution >= 4 is 27.7 Å². The Balaban J connectivity index is 2.31. The fourth-order valence-corrected chi connectivity index (χ4v) is 2.75. The van der Waals surface area contributed by atoms with E-state index in [0.717, 1.165) is 6.42 Å². The lowest BCUT2D eigenvalue weighted by atomic mass is 10.1. The van der Waals surface area contributed by atoms with Gasteiger partial charge in [-0.1, -0.05) is 5.16 Å². The van der Waals surface area contributed by atoms with Gasteiger partial charge in [-0.15, -0.1) is 0 Å². The maximum absolute atomic E-state index is 12.6. The number of carbonyl (C=O) groups excluding carboxylic acids is 1. The van der Waals surface area contributed by atoms with Crippen LogP contribution in [0, 0.1) is 0 Å². The van der Waals surface area contributed by atoms with Gasteiger partial charge in [0.2, 0.25) is 0 Å². The third-order valence-electron chi connectivity index (χ3n) is 3.37. The lowest BCUT2D eigenvalue weighted by Crippen LogP contribution is -2.44. The molecule has 0 spiro atoms. The third kappa shape index (κ3) is 2.72. The second-order valence-corrected chi connectivity index (χ2v) is 5.38. The van der Waals surface area contributed by atoms with Gasteiger partial charge in [-0.3, -0.25) is 4.79 Å². The minimum atomic E-state index is -0.356. The number of amidine groups is 1. The Bertz CT molecular complexity index is 548. The zero-order chi connectivity index (χ0) is 14.7. The quantitative estimate of drug-likeness (QED) is 0.380. The zero-order valence-electron chi connectivity index (χ0n) is 11.0. The highest BCUT2D eigenvalue weighted by Gasteiger charge is 2.33. The van der Waals surface area contributed by atoms with E-state index in [1.165, 1.54) is 0 Å². The van der Waals surface area contributed by atoms with Gasteiger partial charge in [0, 0.05) is 11.0 Å². The van der Waals surface area contributed by atoms with Gasteiger partial charge in [0.15, 0.2) is 5.84 Å². The number of ether oxygens (including phenoxy) is 1. The molecule has 0 aliphatic carbocycles. The molecule has 1 aliphatic heterocycles. The topological polar surface area (TPSA) is 88.2 Å². The summed E-state index contributed by atoms with van der Waals surface area (Å²) in [5.41, 5.74) is 6.15. The summed E-state index contributed by atoms with van der Waals surface area (Å²) in [5, 5.41) is 11.8. The Labute approximate surface area is 125 Å². The summed E-state index contributed by atoms with van der Waals surface area (Å²) in [6.45, 7) is 0.587. The largest absolute Gasteiger partial charge is 0.497 e. The van der Waals surface area contributed by atoms with Gasteiger partial charge in [-0.05, 0) is 47.0 Å². The molecule has 1 unspecified atom stereocenters. The maximum atomic E-state index is 12.6. The first-order chi connectivity index (χ1) is 9.58. The highest BCUT2D eigenvalue weighted by Crippen LogP contribution is 2.27. The molecule has 3 N–H and O–H groups in total. The average Bonchev–Trinajstić information content (AvgIpc) is 2.95. The molecule has 1 heterocycles. The third-order valence-corrected chi connectivity index (χ3v) is 4.07. The highest BCUT2D eigenvalue weighted by atomic mass is 79.9. The molecule has 1 atom stereocenters. The van der Waals surface area contributed by atoms with E-state index in [1.54, 1.807) is 30.2 Å². The minimum Gasteiger partial charge on any atom is -0.497 e. The van der Waals surface area contributed by atoms with Crippen LogP contribution in [0.15, 0.2) is 27.8 Å². The molecular formula is C13H16BrN3O3. The van der Waals surface area contributed by atoms with Crippen molar-refractivity contribution in [3.05, 3.63) is 28.2 Å². The molecule has 1 saturated heterocycles. The van der Waals surface area contributed by atoms with Crippen molar-refractivity contribution in [1.82, 2.24) is 4.90 Å². The summed E-state index contributed by atoms with van der Waals surface area (Å²) >= 11 is 3.37. The Morgan fingerprint density at radius 2 is 2.35 bits per heavy atom. The number of methoxy groups -OCH3 is 1. The van der Waals surface area contributed by atoms with Crippen molar-refractivity contribution in [2.75, 3.05) is 13.7 Å². The molecule has 1 aliphatic rings. The SMILES string of the molecule is COc1ccc(Br)c(C(=O)N2CCCC2C(N)=NO)c1. The van der Waals surface area contributed by atoms with E-state index >= 15 is 0 Å². The molecule has 1 aromatic rings. The molecule has 0 radical (unpaired) electrons. The van der Waals surface area contributed by atoms with Crippen LogP contribution < -0.4 is 10.5 Å². The van der Waals surface area contributed by atoms with Crippen molar-refractivity contribution in [3.63, 3.8) is 0 Å². The van der Waals surface area contributed by atoms with Crippen molar-refractivity contribution in [1.29, 1.82) is 0 Å². The second kappa shape index (κ2) is 6.13. The van der Waals surface area contributed by atoms with Crippen LogP contribution in [-0.4, -0.2) is 41.5 Å². The number of rotatable bonds is 3. The standard InChI is InChI=1S/C13H16BrN3O3/c1-20-8-4-5-10(14)9(7-8)13(18)17-6-2-3-11(17)12(15)16-19/h4-5,7,11,19H,2-3,6H2,1H3,(H2,15,16). The van der Waals surface area contributed by atoms with E-state index in [0.29, 0.717) is 28.8 Å². The van der Waals surface area contributed by atoms with Crippen molar-refractivity contribution in [2.45, 2.75) is 18.9 Å². The van der Waals surface area contributed by atoms with Crippen LogP contribution >= 0.6 is 15.9 Å². The molecule has 0 bridgehead atoms. The summed E-state index contributed by atoms with van der Waals surface area (Å²) in [4.78, 5) is 14.2. The molecule has 1 fully saturated rings. The molecule has 20 heavy (non-hydrogen) atoms. The first-order valence-corrected chi connectivity index (χ1v) is 6.99. The fourth-order valence-electron chi connectivity index (χ4n) is 2.33. The van der Waals surface area contributed by atoms with Crippen LogP contribution in [0.25, 0.3) is 0 Å². The lowest BCUT2D eigenvalue weighted by Gasteiger charge is -2.24. The average molecular weight is 342 g/mol. The van der Waals surface area contributed by atoms with Crippen molar-refractivity contribution in [2.24, 2.45) is 10.9 Å². The van der Waals surface area contributed by atoms with E-state index in [9.17, 15) is 4.79 Å². The Morgan fingerprint density at radius 3 is 3.00 bits per heavy atom. The van der Waals surface area contributed by atoms with Gasteiger partial charge < -0.3 is 20.6 Å². The maximum Gasteiger partial charge on any atom is 0.255 e. The monoisotopic (exact) mass is 341 g/mol. The number of nitrogens with two attached hydrogens (primary N) is 1. The van der Waals surface area contributed by atoms with Crippen LogP contribution in [-0.2, 0) is 0 Å². The highest BCUT2D eigenvalue weighted by molar-refractivity contribution is 9.10. The number of oxime groups is 1. The first kappa shape index (κ1) is 14.6. The summed E-state index contributed by atoms with van der Waals surface area (Å²) < 4.78 is 5.83. The number of nitrogens with zero attached hydrogens (tertiary/aromatic N) is 2. The predicted molar refractivity (Wildman–Crippen MR) is 78.2 cm³/mol. The van der Waals surface area contributed by atoms with Gasteiger partial charge >= 0.3 is 0 Å². The van der Waals surface area contributed by atoms with Gasteiger partial charge in [-0.2, -0.15) is 0 Å². The number of likely N-dealkylation sites (tertiary alicyclic amines) is 1. The van der Waals surface area contributed by atoms with Gasteiger partial charge in [0.25, 0.3) is 5.91 Å². The molecule has 2 rings (SSSR count). The lowest BCUT2D eigenvalue weighted by molar-refractivity contribution is 0.0766. The number of hydrogen-bond acceptors (Lipinski definition) is 4. The van der Waals surface area contributed by atoms with Gasteiger partial charge in [0.1, 0.15) is 5.75 Å². The fraction of sp³-hybridized carbons (Fsp3) is 0.385. The number of halogens is 1. The molecule has 1 aromatic carbocycles. The molecule has 0 aromatic heterocycles. The van der Waals surface area contributed by atoms with Crippen molar-refractivity contribution < 1.29 is 14.7 Å². The smallest absolute Gasteiger partial charge is 0.255 e. The van der Waals surface area contributed by atoms with E-state index in [4.69, 9.17) is 15.7 Å². The van der Waals surface area contributed by atoms with Gasteiger partial charge in [0.05, 0.1) is 18.7 Å². The summed E-state index contributed by atoms with van der Waals surface area (Å²) in [6.07, 6.45) is 1.53. The summed E-state index contributed by atoms with van der Waals surface area (Å²) in [5.74, 6) is 0.510. The zero-order valence-corrected chi connectivity index (χ0v) is 12.6. The molecule has 1 amide bonds. The van der Waals surface area contributed by atoms with Crippen LogP contribution in [0.4, 0.5) is 0 Å².